The summed E-state index contributed by atoms with van der Waals surface area (Å²) < 4.78 is 55.1. The van der Waals surface area contributed by atoms with Crippen molar-refractivity contribution >= 4 is 31.7 Å². The number of hydrogen-bond donors (Lipinski definition) is 1. The number of esters is 1. The molecular formula is C17H18N2O6S2. The van der Waals surface area contributed by atoms with Crippen LogP contribution in [-0.4, -0.2) is 36.0 Å². The minimum atomic E-state index is -3.90. The number of sulfonamides is 2. The number of rotatable bonds is 4. The zero-order valence-electron chi connectivity index (χ0n) is 14.6. The van der Waals surface area contributed by atoms with Crippen LogP contribution in [0.25, 0.3) is 0 Å². The normalized spacial score (nSPS) is 16.9. The Kier molecular flexibility index (Phi) is 4.74. The summed E-state index contributed by atoms with van der Waals surface area (Å²) in [6.45, 7) is 1.73. The number of nitrogens with two attached hydrogens (primary N) is 1. The predicted molar refractivity (Wildman–Crippen MR) is 98.4 cm³/mol. The number of benzene rings is 2. The molecule has 2 N–H and O–H groups in total. The third-order valence-electron chi connectivity index (χ3n) is 4.36. The van der Waals surface area contributed by atoms with Crippen molar-refractivity contribution in [2.45, 2.75) is 29.2 Å². The number of methoxy groups -OCH3 is 1. The molecule has 0 saturated heterocycles. The van der Waals surface area contributed by atoms with Gasteiger partial charge in [-0.05, 0) is 61.4 Å². The number of carbonyl (C=O) groups excluding carboxylic acids is 1. The number of nitrogens with zero attached hydrogens (tertiary/aromatic N) is 1. The number of anilines is 1. The first-order valence-electron chi connectivity index (χ1n) is 7.94. The van der Waals surface area contributed by atoms with E-state index < -0.39 is 32.1 Å². The fourth-order valence-electron chi connectivity index (χ4n) is 3.12. The summed E-state index contributed by atoms with van der Waals surface area (Å²) in [6, 6.07) is 9.16. The molecule has 3 rings (SSSR count). The molecule has 0 spiro atoms. The Hall–Kier alpha value is -2.43. The topological polar surface area (TPSA) is 124 Å². The van der Waals surface area contributed by atoms with Crippen LogP contribution in [0.5, 0.6) is 0 Å². The summed E-state index contributed by atoms with van der Waals surface area (Å²) in [5.41, 5.74) is 1.24. The highest BCUT2D eigenvalue weighted by Crippen LogP contribution is 2.37. The van der Waals surface area contributed by atoms with E-state index in [1.165, 1.54) is 53.9 Å². The van der Waals surface area contributed by atoms with E-state index in [9.17, 15) is 21.6 Å². The lowest BCUT2D eigenvalue weighted by molar-refractivity contribution is 0.0600. The average molecular weight is 410 g/mol. The molecule has 0 amide bonds. The summed E-state index contributed by atoms with van der Waals surface area (Å²) in [7, 11) is -6.53. The van der Waals surface area contributed by atoms with E-state index in [1.54, 1.807) is 6.92 Å². The van der Waals surface area contributed by atoms with Gasteiger partial charge in [0, 0.05) is 6.04 Å². The number of carbonyl (C=O) groups is 1. The summed E-state index contributed by atoms with van der Waals surface area (Å²) in [6.07, 6.45) is 0.359. The largest absolute Gasteiger partial charge is 0.465 e. The van der Waals surface area contributed by atoms with Crippen LogP contribution in [0.2, 0.25) is 0 Å². The molecule has 144 valence electrons. The highest BCUT2D eigenvalue weighted by molar-refractivity contribution is 7.93. The van der Waals surface area contributed by atoms with Gasteiger partial charge in [0.05, 0.1) is 28.2 Å². The van der Waals surface area contributed by atoms with Crippen molar-refractivity contribution < 1.29 is 26.4 Å². The molecule has 27 heavy (non-hydrogen) atoms. The zero-order chi connectivity index (χ0) is 20.0. The Morgan fingerprint density at radius 2 is 1.67 bits per heavy atom. The van der Waals surface area contributed by atoms with Crippen LogP contribution in [0, 0.1) is 0 Å². The second-order valence-corrected chi connectivity index (χ2v) is 9.58. The summed E-state index contributed by atoms with van der Waals surface area (Å²) in [4.78, 5) is 11.5. The number of hydrogen-bond acceptors (Lipinski definition) is 6. The maximum atomic E-state index is 13.1. The van der Waals surface area contributed by atoms with Crippen LogP contribution in [0.15, 0.2) is 52.3 Å². The lowest BCUT2D eigenvalue weighted by Gasteiger charge is -2.24. The van der Waals surface area contributed by atoms with Crippen molar-refractivity contribution in [3.8, 4) is 0 Å². The van der Waals surface area contributed by atoms with Gasteiger partial charge >= 0.3 is 5.97 Å². The Morgan fingerprint density at radius 3 is 2.22 bits per heavy atom. The van der Waals surface area contributed by atoms with Crippen LogP contribution in [0.3, 0.4) is 0 Å². The Labute approximate surface area is 157 Å². The van der Waals surface area contributed by atoms with Crippen molar-refractivity contribution in [1.29, 1.82) is 0 Å². The van der Waals surface area contributed by atoms with E-state index in [2.05, 4.69) is 4.74 Å². The van der Waals surface area contributed by atoms with Crippen molar-refractivity contribution in [1.82, 2.24) is 0 Å². The molecule has 0 saturated carbocycles. The maximum absolute atomic E-state index is 13.1. The van der Waals surface area contributed by atoms with Crippen molar-refractivity contribution in [3.05, 3.63) is 53.6 Å². The van der Waals surface area contributed by atoms with E-state index in [0.29, 0.717) is 17.7 Å². The molecule has 1 heterocycles. The predicted octanol–water partition coefficient (Wildman–Crippen LogP) is 1.26. The fourth-order valence-corrected chi connectivity index (χ4v) is 5.37. The molecule has 10 heteroatoms. The first-order chi connectivity index (χ1) is 12.6. The summed E-state index contributed by atoms with van der Waals surface area (Å²) in [5, 5.41) is 5.15. The summed E-state index contributed by atoms with van der Waals surface area (Å²) >= 11 is 0. The van der Waals surface area contributed by atoms with Gasteiger partial charge in [0.15, 0.2) is 0 Å². The molecule has 0 aliphatic carbocycles. The van der Waals surface area contributed by atoms with Gasteiger partial charge in [0.25, 0.3) is 10.0 Å². The number of primary sulfonamides is 1. The molecule has 1 atom stereocenters. The highest BCUT2D eigenvalue weighted by atomic mass is 32.2. The molecule has 2 aromatic carbocycles. The second-order valence-electron chi connectivity index (χ2n) is 6.21. The zero-order valence-corrected chi connectivity index (χ0v) is 16.2. The second kappa shape index (κ2) is 6.63. The van der Waals surface area contributed by atoms with Gasteiger partial charge in [0.2, 0.25) is 10.0 Å². The number of fused-ring (bicyclic) bond motifs is 1. The van der Waals surface area contributed by atoms with E-state index in [0.717, 1.165) is 0 Å². The molecule has 1 unspecified atom stereocenters. The van der Waals surface area contributed by atoms with Gasteiger partial charge < -0.3 is 4.74 Å². The molecular weight excluding hydrogens is 392 g/mol. The van der Waals surface area contributed by atoms with Crippen LogP contribution >= 0.6 is 0 Å². The van der Waals surface area contributed by atoms with Gasteiger partial charge in [-0.2, -0.15) is 0 Å². The third kappa shape index (κ3) is 3.43. The first-order valence-corrected chi connectivity index (χ1v) is 10.9. The molecule has 8 nitrogen and oxygen atoms in total. The maximum Gasteiger partial charge on any atom is 0.337 e. The van der Waals surface area contributed by atoms with Gasteiger partial charge in [-0.1, -0.05) is 0 Å². The molecule has 1 aliphatic rings. The Balaban J connectivity index is 2.03. The molecule has 0 fully saturated rings. The van der Waals surface area contributed by atoms with Gasteiger partial charge in [-0.3, -0.25) is 4.31 Å². The van der Waals surface area contributed by atoms with E-state index in [1.807, 2.05) is 0 Å². The molecule has 2 aromatic rings. The summed E-state index contributed by atoms with van der Waals surface area (Å²) in [5.74, 6) is -0.561. The van der Waals surface area contributed by atoms with Gasteiger partial charge in [0.1, 0.15) is 0 Å². The van der Waals surface area contributed by atoms with Crippen LogP contribution < -0.4 is 9.44 Å². The van der Waals surface area contributed by atoms with Crippen molar-refractivity contribution in [2.75, 3.05) is 11.4 Å². The molecule has 1 aliphatic heterocycles. The fraction of sp³-hybridized carbons (Fsp3) is 0.235. The number of ether oxygens (including phenoxy) is 1. The lowest BCUT2D eigenvalue weighted by atomic mass is 10.1. The van der Waals surface area contributed by atoms with E-state index in [4.69, 9.17) is 5.14 Å². The van der Waals surface area contributed by atoms with Crippen molar-refractivity contribution in [2.24, 2.45) is 5.14 Å². The van der Waals surface area contributed by atoms with E-state index in [-0.39, 0.29) is 15.4 Å². The molecule has 0 bridgehead atoms. The molecule has 0 aromatic heterocycles. The molecule has 0 radical (unpaired) electrons. The van der Waals surface area contributed by atoms with Crippen LogP contribution in [0.4, 0.5) is 5.69 Å². The van der Waals surface area contributed by atoms with Gasteiger partial charge in [-0.15, -0.1) is 0 Å². The Morgan fingerprint density at radius 1 is 1.07 bits per heavy atom. The van der Waals surface area contributed by atoms with Gasteiger partial charge in [-0.25, -0.2) is 26.8 Å². The lowest BCUT2D eigenvalue weighted by Crippen LogP contribution is -2.35. The van der Waals surface area contributed by atoms with E-state index >= 15 is 0 Å². The Bertz CT molecular complexity index is 1110. The van der Waals surface area contributed by atoms with Crippen LogP contribution in [0.1, 0.15) is 22.8 Å². The highest BCUT2D eigenvalue weighted by Gasteiger charge is 2.36. The standard InChI is InChI=1S/C17H18N2O6S2/c1-11-9-13-10-15(26(18,21)22)7-8-16(13)19(11)27(23,24)14-5-3-12(4-6-14)17(20)25-2/h3-8,10-11H,9H2,1-2H3,(H2,18,21,22). The average Bonchev–Trinajstić information content (AvgIpc) is 2.95. The smallest absolute Gasteiger partial charge is 0.337 e. The quantitative estimate of drug-likeness (QED) is 0.757. The minimum Gasteiger partial charge on any atom is -0.465 e. The SMILES string of the molecule is COC(=O)c1ccc(S(=O)(=O)N2c3ccc(S(N)(=O)=O)cc3CC2C)cc1. The monoisotopic (exact) mass is 410 g/mol. The first kappa shape index (κ1) is 19.3. The van der Waals surface area contributed by atoms with Crippen LogP contribution in [-0.2, 0) is 31.2 Å². The third-order valence-corrected chi connectivity index (χ3v) is 7.22. The minimum absolute atomic E-state index is 0.0189. The van der Waals surface area contributed by atoms with Crippen molar-refractivity contribution in [3.63, 3.8) is 0 Å².